The van der Waals surface area contributed by atoms with Crippen molar-refractivity contribution in [2.24, 2.45) is 17.8 Å². The van der Waals surface area contributed by atoms with Crippen molar-refractivity contribution in [1.82, 2.24) is 10.2 Å². The average Bonchev–Trinajstić information content (AvgIpc) is 3.18. The Morgan fingerprint density at radius 2 is 1.68 bits per heavy atom. The number of carbonyl (C=O) groups is 2. The van der Waals surface area contributed by atoms with Gasteiger partial charge in [-0.1, -0.05) is 6.42 Å². The summed E-state index contributed by atoms with van der Waals surface area (Å²) in [6.45, 7) is 0.830. The minimum atomic E-state index is -0.206. The Morgan fingerprint density at radius 3 is 2.21 bits per heavy atom. The molecule has 0 spiro atoms. The Labute approximate surface area is 113 Å². The Kier molecular flexibility index (Phi) is 2.61. The van der Waals surface area contributed by atoms with Crippen LogP contribution in [-0.2, 0) is 9.59 Å². The van der Waals surface area contributed by atoms with E-state index in [1.807, 2.05) is 4.90 Å². The predicted octanol–water partition coefficient (Wildman–Crippen LogP) is 1.30. The lowest BCUT2D eigenvalue weighted by Crippen LogP contribution is -2.65. The van der Waals surface area contributed by atoms with Crippen LogP contribution in [0.5, 0.6) is 0 Å². The topological polar surface area (TPSA) is 49.4 Å². The third-order valence-corrected chi connectivity index (χ3v) is 5.29. The van der Waals surface area contributed by atoms with E-state index in [2.05, 4.69) is 5.32 Å². The van der Waals surface area contributed by atoms with Crippen LogP contribution in [0.15, 0.2) is 0 Å². The summed E-state index contributed by atoms with van der Waals surface area (Å²) in [5.41, 5.74) is 0. The zero-order valence-corrected chi connectivity index (χ0v) is 11.3. The molecule has 1 N–H and O–H groups in total. The molecule has 1 saturated heterocycles. The van der Waals surface area contributed by atoms with Crippen LogP contribution in [0.2, 0.25) is 0 Å². The van der Waals surface area contributed by atoms with E-state index >= 15 is 0 Å². The molecular formula is C15H22N2O2. The molecule has 3 saturated carbocycles. The van der Waals surface area contributed by atoms with E-state index in [0.717, 1.165) is 32.2 Å². The van der Waals surface area contributed by atoms with E-state index in [4.69, 9.17) is 0 Å². The first kappa shape index (κ1) is 11.7. The highest BCUT2D eigenvalue weighted by Crippen LogP contribution is 2.41. The van der Waals surface area contributed by atoms with Crippen molar-refractivity contribution >= 4 is 11.8 Å². The molecule has 3 aliphatic carbocycles. The summed E-state index contributed by atoms with van der Waals surface area (Å²) in [5.74, 6) is 1.84. The second kappa shape index (κ2) is 4.22. The molecule has 4 aliphatic rings. The normalized spacial score (nSPS) is 36.1. The van der Waals surface area contributed by atoms with Gasteiger partial charge in [0.15, 0.2) is 0 Å². The van der Waals surface area contributed by atoms with Crippen LogP contribution < -0.4 is 5.32 Å². The van der Waals surface area contributed by atoms with Crippen LogP contribution in [0.3, 0.4) is 0 Å². The van der Waals surface area contributed by atoms with E-state index in [1.54, 1.807) is 0 Å². The van der Waals surface area contributed by atoms with Crippen molar-refractivity contribution in [3.63, 3.8) is 0 Å². The first-order valence-corrected chi connectivity index (χ1v) is 7.85. The van der Waals surface area contributed by atoms with Gasteiger partial charge in [-0.25, -0.2) is 0 Å². The van der Waals surface area contributed by atoms with Crippen LogP contribution in [0.4, 0.5) is 0 Å². The maximum Gasteiger partial charge on any atom is 0.246 e. The van der Waals surface area contributed by atoms with Crippen LogP contribution >= 0.6 is 0 Å². The molecule has 4 rings (SSSR count). The molecule has 2 atom stereocenters. The summed E-state index contributed by atoms with van der Waals surface area (Å²) in [6, 6.07) is -0.356. The quantitative estimate of drug-likeness (QED) is 0.830. The van der Waals surface area contributed by atoms with E-state index in [-0.39, 0.29) is 23.9 Å². The number of nitrogens with zero attached hydrogens (tertiary/aromatic N) is 1. The Bertz CT molecular complexity index is 410. The Morgan fingerprint density at radius 1 is 1.00 bits per heavy atom. The van der Waals surface area contributed by atoms with Crippen molar-refractivity contribution in [3.8, 4) is 0 Å². The van der Waals surface area contributed by atoms with Crippen LogP contribution in [0.1, 0.15) is 44.9 Å². The fourth-order valence-corrected chi connectivity index (χ4v) is 3.54. The van der Waals surface area contributed by atoms with E-state index < -0.39 is 0 Å². The number of hydrogen-bond acceptors (Lipinski definition) is 2. The van der Waals surface area contributed by atoms with Crippen molar-refractivity contribution in [1.29, 1.82) is 0 Å². The highest BCUT2D eigenvalue weighted by atomic mass is 16.2. The van der Waals surface area contributed by atoms with Gasteiger partial charge < -0.3 is 10.2 Å². The summed E-state index contributed by atoms with van der Waals surface area (Å²) in [4.78, 5) is 27.0. The molecule has 0 aromatic carbocycles. The molecule has 4 heteroatoms. The first-order chi connectivity index (χ1) is 9.24. The molecule has 0 radical (unpaired) electrons. The number of rotatable bonds is 4. The Hall–Kier alpha value is -1.06. The third-order valence-electron chi connectivity index (χ3n) is 5.29. The number of nitrogens with one attached hydrogen (secondary N) is 1. The molecule has 2 amide bonds. The highest BCUT2D eigenvalue weighted by Gasteiger charge is 2.51. The molecule has 4 nitrogen and oxygen atoms in total. The largest absolute Gasteiger partial charge is 0.342 e. The zero-order chi connectivity index (χ0) is 13.0. The van der Waals surface area contributed by atoms with Gasteiger partial charge in [0.2, 0.25) is 11.8 Å². The molecule has 2 unspecified atom stereocenters. The fourth-order valence-electron chi connectivity index (χ4n) is 3.54. The third kappa shape index (κ3) is 2.05. The van der Waals surface area contributed by atoms with Gasteiger partial charge in [0.1, 0.15) is 12.1 Å². The summed E-state index contributed by atoms with van der Waals surface area (Å²) in [6.07, 6.45) is 8.18. The van der Waals surface area contributed by atoms with Gasteiger partial charge in [-0.05, 0) is 56.3 Å². The molecule has 4 fully saturated rings. The number of piperazine rings is 1. The molecule has 1 heterocycles. The number of amides is 2. The second-order valence-electron chi connectivity index (χ2n) is 6.89. The predicted molar refractivity (Wildman–Crippen MR) is 70.2 cm³/mol. The molecule has 19 heavy (non-hydrogen) atoms. The lowest BCUT2D eigenvalue weighted by atomic mass is 9.84. The van der Waals surface area contributed by atoms with Gasteiger partial charge in [0, 0.05) is 6.54 Å². The molecule has 1 aliphatic heterocycles. The average molecular weight is 262 g/mol. The van der Waals surface area contributed by atoms with Gasteiger partial charge in [0.05, 0.1) is 0 Å². The molecule has 0 bridgehead atoms. The molecule has 0 aromatic rings. The maximum absolute atomic E-state index is 12.7. The summed E-state index contributed by atoms with van der Waals surface area (Å²) >= 11 is 0. The maximum atomic E-state index is 12.7. The van der Waals surface area contributed by atoms with Gasteiger partial charge in [-0.2, -0.15) is 0 Å². The van der Waals surface area contributed by atoms with Crippen molar-refractivity contribution in [3.05, 3.63) is 0 Å². The van der Waals surface area contributed by atoms with Gasteiger partial charge in [0.25, 0.3) is 0 Å². The van der Waals surface area contributed by atoms with E-state index in [1.165, 1.54) is 19.3 Å². The van der Waals surface area contributed by atoms with Crippen LogP contribution in [-0.4, -0.2) is 35.3 Å². The smallest absolute Gasteiger partial charge is 0.246 e. The van der Waals surface area contributed by atoms with Crippen molar-refractivity contribution in [2.75, 3.05) is 6.54 Å². The highest BCUT2D eigenvalue weighted by molar-refractivity contribution is 5.97. The van der Waals surface area contributed by atoms with E-state index in [0.29, 0.717) is 17.8 Å². The first-order valence-electron chi connectivity index (χ1n) is 7.85. The van der Waals surface area contributed by atoms with Crippen LogP contribution in [0, 0.1) is 17.8 Å². The second-order valence-corrected chi connectivity index (χ2v) is 6.89. The van der Waals surface area contributed by atoms with E-state index in [9.17, 15) is 9.59 Å². The number of carbonyl (C=O) groups excluding carboxylic acids is 2. The minimum absolute atomic E-state index is 0.123. The summed E-state index contributed by atoms with van der Waals surface area (Å²) in [5, 5.41) is 3.01. The monoisotopic (exact) mass is 262 g/mol. The Balaban J connectivity index is 1.55. The number of hydrogen-bond donors (Lipinski definition) is 1. The standard InChI is InChI=1S/C15H22N2O2/c18-14-13(11-6-7-11)17(8-9-2-1-3-9)15(19)12(16-14)10-4-5-10/h9-13H,1-8H2,(H,16,18). The summed E-state index contributed by atoms with van der Waals surface area (Å²) < 4.78 is 0. The zero-order valence-electron chi connectivity index (χ0n) is 11.3. The lowest BCUT2D eigenvalue weighted by Gasteiger charge is -2.42. The molecule has 0 aromatic heterocycles. The van der Waals surface area contributed by atoms with Gasteiger partial charge in [-0.15, -0.1) is 0 Å². The molecule has 104 valence electrons. The van der Waals surface area contributed by atoms with Crippen LogP contribution in [0.25, 0.3) is 0 Å². The summed E-state index contributed by atoms with van der Waals surface area (Å²) in [7, 11) is 0. The van der Waals surface area contributed by atoms with Crippen molar-refractivity contribution < 1.29 is 9.59 Å². The van der Waals surface area contributed by atoms with Gasteiger partial charge >= 0.3 is 0 Å². The van der Waals surface area contributed by atoms with Gasteiger partial charge in [-0.3, -0.25) is 9.59 Å². The SMILES string of the molecule is O=C1NC(C2CC2)C(=O)N(CC2CCC2)C1C1CC1. The van der Waals surface area contributed by atoms with Crippen molar-refractivity contribution in [2.45, 2.75) is 57.0 Å². The molecular weight excluding hydrogens is 240 g/mol. The lowest BCUT2D eigenvalue weighted by molar-refractivity contribution is -0.152. The minimum Gasteiger partial charge on any atom is -0.342 e. The fraction of sp³-hybridized carbons (Fsp3) is 0.867.